The van der Waals surface area contributed by atoms with Gasteiger partial charge in [-0.1, -0.05) is 91.0 Å². The van der Waals surface area contributed by atoms with Gasteiger partial charge in [0.1, 0.15) is 32.4 Å². The Morgan fingerprint density at radius 2 is 1.05 bits per heavy atom. The lowest BCUT2D eigenvalue weighted by atomic mass is 10.1. The topological polar surface area (TPSA) is 79.3 Å². The molecule has 9 heteroatoms. The largest absolute Gasteiger partial charge is 0.494 e. The summed E-state index contributed by atoms with van der Waals surface area (Å²) in [6, 6.07) is 24.3. The maximum atomic E-state index is 5.82. The number of hydrogen-bond donors (Lipinski definition) is 0. The molecule has 2 heterocycles. The number of rotatable bonds is 12. The molecule has 0 saturated carbocycles. The van der Waals surface area contributed by atoms with E-state index in [0.29, 0.717) is 6.61 Å². The third-order valence-electron chi connectivity index (χ3n) is 5.89. The highest BCUT2D eigenvalue weighted by Gasteiger charge is 2.12. The molecule has 0 unspecified atom stereocenters. The smallest absolute Gasteiger partial charge is 0.148 e. The van der Waals surface area contributed by atoms with Crippen molar-refractivity contribution >= 4 is 22.7 Å². The van der Waals surface area contributed by atoms with Gasteiger partial charge in [-0.3, -0.25) is 0 Å². The van der Waals surface area contributed by atoms with E-state index in [9.17, 15) is 0 Å². The van der Waals surface area contributed by atoms with Gasteiger partial charge < -0.3 is 4.74 Å². The molecule has 5 rings (SSSR count). The average molecular weight is 545 g/mol. The average Bonchev–Trinajstić information content (AvgIpc) is 3.66. The van der Waals surface area contributed by atoms with Gasteiger partial charge in [-0.15, -0.1) is 20.4 Å². The summed E-state index contributed by atoms with van der Waals surface area (Å²) in [5, 5.41) is 21.1. The molecule has 2 aromatic heterocycles. The van der Waals surface area contributed by atoms with Crippen LogP contribution in [0.15, 0.2) is 72.8 Å². The zero-order chi connectivity index (χ0) is 26.2. The van der Waals surface area contributed by atoms with E-state index in [0.717, 1.165) is 66.6 Å². The van der Waals surface area contributed by atoms with Crippen LogP contribution in [-0.2, 0) is 16.4 Å². The predicted octanol–water partition coefficient (Wildman–Crippen LogP) is 7.70. The van der Waals surface area contributed by atoms with Crippen LogP contribution in [0.25, 0.3) is 42.3 Å². The van der Waals surface area contributed by atoms with E-state index in [4.69, 9.17) is 9.62 Å². The van der Waals surface area contributed by atoms with Crippen molar-refractivity contribution in [1.29, 1.82) is 0 Å². The molecule has 0 bridgehead atoms. The predicted molar refractivity (Wildman–Crippen MR) is 152 cm³/mol. The van der Waals surface area contributed by atoms with Crippen LogP contribution >= 0.6 is 22.7 Å². The second kappa shape index (κ2) is 12.8. The van der Waals surface area contributed by atoms with E-state index in [-0.39, 0.29) is 0 Å². The molecule has 0 fully saturated rings. The molecule has 0 amide bonds. The lowest BCUT2D eigenvalue weighted by Crippen LogP contribution is -1.96. The quantitative estimate of drug-likeness (QED) is 0.0904. The summed E-state index contributed by atoms with van der Waals surface area (Å²) < 4.78 is 5.82. The van der Waals surface area contributed by atoms with Crippen LogP contribution in [0.2, 0.25) is 0 Å². The van der Waals surface area contributed by atoms with Crippen molar-refractivity contribution in [2.24, 2.45) is 0 Å². The zero-order valence-electron chi connectivity index (χ0n) is 21.3. The fourth-order valence-electron chi connectivity index (χ4n) is 3.77. The fraction of sp³-hybridized carbons (Fsp3) is 0.241. The third kappa shape index (κ3) is 6.49. The van der Waals surface area contributed by atoms with E-state index in [1.54, 1.807) is 22.7 Å². The molecule has 0 spiro atoms. The van der Waals surface area contributed by atoms with Crippen LogP contribution in [0.3, 0.4) is 0 Å². The summed E-state index contributed by atoms with van der Waals surface area (Å²) in [6.45, 7) is 3.35. The number of nitrogens with zero attached hydrogens (tertiary/aromatic N) is 4. The van der Waals surface area contributed by atoms with Gasteiger partial charge in [0.25, 0.3) is 0 Å². The third-order valence-corrected chi connectivity index (χ3v) is 7.93. The Balaban J connectivity index is 1.23. The van der Waals surface area contributed by atoms with Gasteiger partial charge in [-0.05, 0) is 36.2 Å². The summed E-state index contributed by atoms with van der Waals surface area (Å²) in [4.78, 5) is 9.64. The van der Waals surface area contributed by atoms with Gasteiger partial charge in [-0.25, -0.2) is 9.78 Å². The molecule has 0 saturated heterocycles. The molecule has 3 aromatic carbocycles. The van der Waals surface area contributed by atoms with E-state index < -0.39 is 0 Å². The number of aromatic nitrogens is 4. The van der Waals surface area contributed by atoms with Crippen LogP contribution in [0.1, 0.15) is 31.7 Å². The Kier molecular flexibility index (Phi) is 8.82. The lowest BCUT2D eigenvalue weighted by molar-refractivity contribution is -0.282. The first-order chi connectivity index (χ1) is 18.7. The van der Waals surface area contributed by atoms with Crippen LogP contribution in [0, 0.1) is 0 Å². The van der Waals surface area contributed by atoms with Gasteiger partial charge >= 0.3 is 0 Å². The minimum absolute atomic E-state index is 0.404. The molecule has 0 aliphatic carbocycles. The van der Waals surface area contributed by atoms with Crippen LogP contribution in [0.5, 0.6) is 5.75 Å². The van der Waals surface area contributed by atoms with Crippen LogP contribution < -0.4 is 4.74 Å². The Bertz CT molecular complexity index is 1430. The summed E-state index contributed by atoms with van der Waals surface area (Å²) in [5.41, 5.74) is 5.12. The molecular formula is C29H28N4O3S2. The SMILES string of the molecule is CCCCCOc1ccc(-c2nnc(-c3ccc(-c4nnc(-c5ccc(COOC)cc5)s4)cc3)s2)cc1. The Labute approximate surface area is 230 Å². The summed E-state index contributed by atoms with van der Waals surface area (Å²) in [5.74, 6) is 0.888. The molecule has 38 heavy (non-hydrogen) atoms. The number of hydrogen-bond acceptors (Lipinski definition) is 9. The maximum Gasteiger partial charge on any atom is 0.148 e. The molecular weight excluding hydrogens is 516 g/mol. The monoisotopic (exact) mass is 544 g/mol. The zero-order valence-corrected chi connectivity index (χ0v) is 22.9. The summed E-state index contributed by atoms with van der Waals surface area (Å²) in [6.07, 6.45) is 3.46. The summed E-state index contributed by atoms with van der Waals surface area (Å²) >= 11 is 3.13. The highest BCUT2D eigenvalue weighted by Crippen LogP contribution is 2.34. The van der Waals surface area contributed by atoms with Gasteiger partial charge in [0.05, 0.1) is 13.7 Å². The standard InChI is InChI=1S/C29H28N4O3S2/c1-3-4-5-18-35-25-16-14-24(15-17-25)29-33-32-28(38-29)23-12-10-22(11-13-23)27-31-30-26(37-27)21-8-6-20(7-9-21)19-36-34-2/h6-17H,3-5,18-19H2,1-2H3. The highest BCUT2D eigenvalue weighted by atomic mass is 32.1. The molecule has 194 valence electrons. The molecule has 0 radical (unpaired) electrons. The second-order valence-corrected chi connectivity index (χ2v) is 10.6. The van der Waals surface area contributed by atoms with Crippen molar-refractivity contribution in [2.45, 2.75) is 32.8 Å². The van der Waals surface area contributed by atoms with Gasteiger partial charge in [-0.2, -0.15) is 0 Å². The number of benzene rings is 3. The van der Waals surface area contributed by atoms with Crippen molar-refractivity contribution in [3.63, 3.8) is 0 Å². The molecule has 0 aliphatic heterocycles. The van der Waals surface area contributed by atoms with E-state index in [1.165, 1.54) is 20.0 Å². The first kappa shape index (κ1) is 26.1. The number of unbranched alkanes of at least 4 members (excludes halogenated alkanes) is 2. The van der Waals surface area contributed by atoms with Crippen LogP contribution in [-0.4, -0.2) is 34.1 Å². The second-order valence-electron chi connectivity index (χ2n) is 8.61. The van der Waals surface area contributed by atoms with Gasteiger partial charge in [0, 0.05) is 22.3 Å². The first-order valence-electron chi connectivity index (χ1n) is 12.5. The molecule has 5 aromatic rings. The molecule has 0 aliphatic rings. The Morgan fingerprint density at radius 1 is 0.605 bits per heavy atom. The first-order valence-corrected chi connectivity index (χ1v) is 14.1. The molecule has 7 nitrogen and oxygen atoms in total. The van der Waals surface area contributed by atoms with Crippen molar-refractivity contribution in [3.05, 3.63) is 78.4 Å². The van der Waals surface area contributed by atoms with Gasteiger partial charge in [0.2, 0.25) is 0 Å². The fourth-order valence-corrected chi connectivity index (χ4v) is 5.48. The molecule has 0 atom stereocenters. The lowest BCUT2D eigenvalue weighted by Gasteiger charge is -2.05. The van der Waals surface area contributed by atoms with Gasteiger partial charge in [0.15, 0.2) is 0 Å². The highest BCUT2D eigenvalue weighted by molar-refractivity contribution is 7.18. The van der Waals surface area contributed by atoms with E-state index >= 15 is 0 Å². The van der Waals surface area contributed by atoms with Crippen molar-refractivity contribution in [3.8, 4) is 48.0 Å². The van der Waals surface area contributed by atoms with Crippen LogP contribution in [0.4, 0.5) is 0 Å². The van der Waals surface area contributed by atoms with Crippen molar-refractivity contribution < 1.29 is 14.5 Å². The number of ether oxygens (including phenoxy) is 1. The Morgan fingerprint density at radius 3 is 1.50 bits per heavy atom. The normalized spacial score (nSPS) is 11.1. The van der Waals surface area contributed by atoms with E-state index in [1.807, 2.05) is 48.5 Å². The van der Waals surface area contributed by atoms with Crippen molar-refractivity contribution in [2.75, 3.05) is 13.7 Å². The maximum absolute atomic E-state index is 5.82. The summed E-state index contributed by atoms with van der Waals surface area (Å²) in [7, 11) is 1.50. The minimum atomic E-state index is 0.404. The molecule has 0 N–H and O–H groups in total. The minimum Gasteiger partial charge on any atom is -0.494 e. The van der Waals surface area contributed by atoms with E-state index in [2.05, 4.69) is 56.5 Å². The van der Waals surface area contributed by atoms with Crippen molar-refractivity contribution in [1.82, 2.24) is 20.4 Å². The Hall–Kier alpha value is -3.50.